The predicted octanol–water partition coefficient (Wildman–Crippen LogP) is 11.4. The van der Waals surface area contributed by atoms with Gasteiger partial charge >= 0.3 is 0 Å². The van der Waals surface area contributed by atoms with Crippen molar-refractivity contribution in [1.29, 1.82) is 0 Å². The Hall–Kier alpha value is -1.17. The SMILES string of the molecule is CCCCCC/C=C/CC/C=C/C(O)C(CO)NC(=O)CC(O)CCCCCCCCCCCCCCCCCCCCCCCC. The molecule has 0 aromatic carbocycles. The maximum Gasteiger partial charge on any atom is 0.222 e. The molecule has 5 heteroatoms. The van der Waals surface area contributed by atoms with Crippen molar-refractivity contribution >= 4 is 5.91 Å². The van der Waals surface area contributed by atoms with E-state index in [1.165, 1.54) is 154 Å². The number of allylic oxidation sites excluding steroid dienone is 3. The van der Waals surface area contributed by atoms with E-state index in [0.29, 0.717) is 6.42 Å². The summed E-state index contributed by atoms with van der Waals surface area (Å²) in [4.78, 5) is 12.4. The zero-order valence-corrected chi connectivity index (χ0v) is 31.4. The maximum absolute atomic E-state index is 12.4. The van der Waals surface area contributed by atoms with E-state index < -0.39 is 18.2 Å². The number of carbonyl (C=O) groups excluding carboxylic acids is 1. The molecular weight excluding hydrogens is 582 g/mol. The van der Waals surface area contributed by atoms with Gasteiger partial charge in [0.15, 0.2) is 0 Å². The summed E-state index contributed by atoms with van der Waals surface area (Å²) >= 11 is 0. The number of hydrogen-bond donors (Lipinski definition) is 4. The Bertz CT molecular complexity index is 694. The zero-order valence-electron chi connectivity index (χ0n) is 31.4. The molecule has 0 aromatic rings. The molecule has 1 amide bonds. The first-order valence-electron chi connectivity index (χ1n) is 20.6. The third-order valence-electron chi connectivity index (χ3n) is 9.49. The first-order chi connectivity index (χ1) is 23.0. The third kappa shape index (κ3) is 34.5. The summed E-state index contributed by atoms with van der Waals surface area (Å²) in [5, 5.41) is 33.0. The van der Waals surface area contributed by atoms with E-state index in [0.717, 1.165) is 32.1 Å². The molecule has 3 unspecified atom stereocenters. The van der Waals surface area contributed by atoms with Crippen molar-refractivity contribution in [2.75, 3.05) is 6.61 Å². The van der Waals surface area contributed by atoms with Crippen LogP contribution < -0.4 is 5.32 Å². The Kier molecular flexibility index (Phi) is 36.7. The molecule has 5 nitrogen and oxygen atoms in total. The minimum Gasteiger partial charge on any atom is -0.394 e. The molecule has 0 saturated carbocycles. The molecule has 0 heterocycles. The summed E-state index contributed by atoms with van der Waals surface area (Å²) in [6, 6.07) is -0.755. The highest BCUT2D eigenvalue weighted by Crippen LogP contribution is 2.16. The number of unbranched alkanes of at least 4 members (excludes halogenated alkanes) is 26. The van der Waals surface area contributed by atoms with Crippen LogP contribution in [0.1, 0.15) is 213 Å². The van der Waals surface area contributed by atoms with Crippen LogP contribution in [0.15, 0.2) is 24.3 Å². The summed E-state index contributed by atoms with van der Waals surface area (Å²) in [5.74, 6) is -0.325. The molecule has 0 aliphatic rings. The topological polar surface area (TPSA) is 89.8 Å². The van der Waals surface area contributed by atoms with E-state index in [1.807, 2.05) is 6.08 Å². The molecule has 0 bridgehead atoms. The standard InChI is InChI=1S/C42H81NO4/c1-3-5-7-9-11-13-15-16-17-18-19-20-21-22-23-24-25-26-27-29-31-33-35-39(45)37-42(47)43-40(38-44)41(46)36-34-32-30-28-14-12-10-8-6-4-2/h14,28,34,36,39-41,44-46H,3-13,15-27,29-33,35,37-38H2,1-2H3,(H,43,47)/b28-14+,36-34+. The molecule has 0 saturated heterocycles. The highest BCUT2D eigenvalue weighted by Gasteiger charge is 2.20. The van der Waals surface area contributed by atoms with E-state index in [-0.39, 0.29) is 18.9 Å². The van der Waals surface area contributed by atoms with Crippen LogP contribution in [-0.4, -0.2) is 46.1 Å². The fourth-order valence-electron chi connectivity index (χ4n) is 6.30. The van der Waals surface area contributed by atoms with E-state index in [9.17, 15) is 20.1 Å². The van der Waals surface area contributed by atoms with Crippen molar-refractivity contribution in [3.05, 3.63) is 24.3 Å². The Balaban J connectivity index is 3.60. The van der Waals surface area contributed by atoms with Crippen LogP contribution in [0.4, 0.5) is 0 Å². The number of rotatable bonds is 37. The van der Waals surface area contributed by atoms with E-state index in [1.54, 1.807) is 6.08 Å². The molecule has 0 aliphatic carbocycles. The van der Waals surface area contributed by atoms with Crippen LogP contribution in [0, 0.1) is 0 Å². The largest absolute Gasteiger partial charge is 0.394 e. The van der Waals surface area contributed by atoms with Gasteiger partial charge in [-0.2, -0.15) is 0 Å². The molecule has 0 spiro atoms. The van der Waals surface area contributed by atoms with Crippen LogP contribution in [0.25, 0.3) is 0 Å². The first-order valence-corrected chi connectivity index (χ1v) is 20.6. The number of aliphatic hydroxyl groups excluding tert-OH is 3. The lowest BCUT2D eigenvalue weighted by molar-refractivity contribution is -0.124. The second kappa shape index (κ2) is 37.6. The zero-order chi connectivity index (χ0) is 34.5. The second-order valence-electron chi connectivity index (χ2n) is 14.2. The number of hydrogen-bond acceptors (Lipinski definition) is 4. The van der Waals surface area contributed by atoms with Crippen LogP contribution in [0.5, 0.6) is 0 Å². The van der Waals surface area contributed by atoms with Crippen molar-refractivity contribution in [1.82, 2.24) is 5.32 Å². The van der Waals surface area contributed by atoms with Gasteiger partial charge in [-0.3, -0.25) is 4.79 Å². The molecular formula is C42H81NO4. The summed E-state index contributed by atoms with van der Waals surface area (Å²) in [5.41, 5.74) is 0. The van der Waals surface area contributed by atoms with Crippen molar-refractivity contribution in [2.24, 2.45) is 0 Å². The summed E-state index contributed by atoms with van der Waals surface area (Å²) in [6.07, 6.45) is 44.7. The van der Waals surface area contributed by atoms with Crippen LogP contribution in [-0.2, 0) is 4.79 Å². The molecule has 0 fully saturated rings. The summed E-state index contributed by atoms with van der Waals surface area (Å²) in [6.45, 7) is 4.16. The Labute approximate surface area is 292 Å². The quantitative estimate of drug-likeness (QED) is 0.0393. The molecule has 47 heavy (non-hydrogen) atoms. The lowest BCUT2D eigenvalue weighted by atomic mass is 10.0. The second-order valence-corrected chi connectivity index (χ2v) is 14.2. The van der Waals surface area contributed by atoms with Gasteiger partial charge in [0.05, 0.1) is 31.3 Å². The normalized spacial score (nSPS) is 13.9. The van der Waals surface area contributed by atoms with Crippen LogP contribution >= 0.6 is 0 Å². The number of carbonyl (C=O) groups is 1. The minimum absolute atomic E-state index is 0.00917. The van der Waals surface area contributed by atoms with Gasteiger partial charge in [0.1, 0.15) is 0 Å². The Morgan fingerprint density at radius 3 is 1.36 bits per heavy atom. The van der Waals surface area contributed by atoms with Gasteiger partial charge < -0.3 is 20.6 Å². The summed E-state index contributed by atoms with van der Waals surface area (Å²) in [7, 11) is 0. The first kappa shape index (κ1) is 45.8. The van der Waals surface area contributed by atoms with Gasteiger partial charge in [0.2, 0.25) is 5.91 Å². The van der Waals surface area contributed by atoms with Crippen molar-refractivity contribution in [2.45, 2.75) is 231 Å². The molecule has 278 valence electrons. The van der Waals surface area contributed by atoms with Gasteiger partial charge in [-0.15, -0.1) is 0 Å². The average Bonchev–Trinajstić information content (AvgIpc) is 3.06. The lowest BCUT2D eigenvalue weighted by Crippen LogP contribution is -2.45. The van der Waals surface area contributed by atoms with Crippen LogP contribution in [0.3, 0.4) is 0 Å². The number of amides is 1. The fourth-order valence-corrected chi connectivity index (χ4v) is 6.30. The van der Waals surface area contributed by atoms with E-state index in [4.69, 9.17) is 0 Å². The van der Waals surface area contributed by atoms with Gasteiger partial charge in [-0.25, -0.2) is 0 Å². The third-order valence-corrected chi connectivity index (χ3v) is 9.49. The monoisotopic (exact) mass is 664 g/mol. The van der Waals surface area contributed by atoms with Crippen molar-refractivity contribution < 1.29 is 20.1 Å². The number of aliphatic hydroxyl groups is 3. The highest BCUT2D eigenvalue weighted by molar-refractivity contribution is 5.76. The minimum atomic E-state index is -0.946. The van der Waals surface area contributed by atoms with E-state index >= 15 is 0 Å². The van der Waals surface area contributed by atoms with Crippen molar-refractivity contribution in [3.8, 4) is 0 Å². The van der Waals surface area contributed by atoms with Gasteiger partial charge in [-0.05, 0) is 32.1 Å². The Morgan fingerprint density at radius 2 is 0.915 bits per heavy atom. The molecule has 4 N–H and O–H groups in total. The van der Waals surface area contributed by atoms with E-state index in [2.05, 4.69) is 31.3 Å². The average molecular weight is 664 g/mol. The number of nitrogens with one attached hydrogen (secondary N) is 1. The Morgan fingerprint density at radius 1 is 0.532 bits per heavy atom. The fraction of sp³-hybridized carbons (Fsp3) is 0.881. The van der Waals surface area contributed by atoms with Gasteiger partial charge in [-0.1, -0.05) is 199 Å². The van der Waals surface area contributed by atoms with Gasteiger partial charge in [0.25, 0.3) is 0 Å². The molecule has 0 radical (unpaired) electrons. The molecule has 3 atom stereocenters. The van der Waals surface area contributed by atoms with Crippen molar-refractivity contribution in [3.63, 3.8) is 0 Å². The molecule has 0 aliphatic heterocycles. The lowest BCUT2D eigenvalue weighted by Gasteiger charge is -2.21. The van der Waals surface area contributed by atoms with Crippen LogP contribution in [0.2, 0.25) is 0 Å². The predicted molar refractivity (Wildman–Crippen MR) is 204 cm³/mol. The molecule has 0 rings (SSSR count). The highest BCUT2D eigenvalue weighted by atomic mass is 16.3. The maximum atomic E-state index is 12.4. The molecule has 0 aromatic heterocycles. The van der Waals surface area contributed by atoms with Gasteiger partial charge in [0, 0.05) is 0 Å². The smallest absolute Gasteiger partial charge is 0.222 e. The summed E-state index contributed by atoms with van der Waals surface area (Å²) < 4.78 is 0.